The number of rotatable bonds is 5. The van der Waals surface area contributed by atoms with Crippen LogP contribution in [0.4, 0.5) is 17.1 Å². The fourth-order valence-electron chi connectivity index (χ4n) is 1.73. The number of benzene rings is 1. The molecule has 0 radical (unpaired) electrons. The van der Waals surface area contributed by atoms with Crippen molar-refractivity contribution in [2.24, 2.45) is 0 Å². The molecule has 2 aromatic rings. The number of phenolic OH excluding ortho intramolecular Hbond substituents is 1. The van der Waals surface area contributed by atoms with Gasteiger partial charge in [0.15, 0.2) is 0 Å². The van der Waals surface area contributed by atoms with Crippen LogP contribution in [0.3, 0.4) is 0 Å². The lowest BCUT2D eigenvalue weighted by Gasteiger charge is -2.13. The summed E-state index contributed by atoms with van der Waals surface area (Å²) in [5, 5.41) is 37.0. The molecule has 1 atom stereocenters. The van der Waals surface area contributed by atoms with Crippen LogP contribution >= 0.6 is 0 Å². The number of nitrogens with one attached hydrogen (secondary N) is 1. The number of amides is 1. The van der Waals surface area contributed by atoms with E-state index in [1.165, 1.54) is 13.0 Å². The summed E-state index contributed by atoms with van der Waals surface area (Å²) in [7, 11) is 0. The average Bonchev–Trinajstić information content (AvgIpc) is 2.98. The summed E-state index contributed by atoms with van der Waals surface area (Å²) in [6.07, 6.45) is 2.10. The molecule has 11 nitrogen and oxygen atoms in total. The van der Waals surface area contributed by atoms with Gasteiger partial charge < -0.3 is 10.4 Å². The molecule has 0 bridgehead atoms. The number of anilines is 1. The second-order valence-corrected chi connectivity index (χ2v) is 4.56. The molecule has 2 N–H and O–H groups in total. The number of phenols is 1. The highest BCUT2D eigenvalue weighted by atomic mass is 16.6. The van der Waals surface area contributed by atoms with Crippen LogP contribution in [-0.2, 0) is 4.79 Å². The third-order valence-corrected chi connectivity index (χ3v) is 3.02. The van der Waals surface area contributed by atoms with Crippen LogP contribution in [0.25, 0.3) is 0 Å². The van der Waals surface area contributed by atoms with Gasteiger partial charge in [0.05, 0.1) is 21.6 Å². The molecule has 0 saturated carbocycles. The summed E-state index contributed by atoms with van der Waals surface area (Å²) >= 11 is 0. The Kier molecular flexibility index (Phi) is 4.21. The lowest BCUT2D eigenvalue weighted by molar-refractivity contribution is -0.385. The molecule has 2 rings (SSSR count). The normalized spacial score (nSPS) is 11.7. The molecule has 1 heterocycles. The lowest BCUT2D eigenvalue weighted by Crippen LogP contribution is -2.24. The molecule has 11 heteroatoms. The molecule has 1 aromatic heterocycles. The molecule has 1 aromatic carbocycles. The Morgan fingerprint density at radius 1 is 1.30 bits per heavy atom. The third-order valence-electron chi connectivity index (χ3n) is 3.02. The number of carbonyl (C=O) groups excluding carboxylic acids is 1. The second-order valence-electron chi connectivity index (χ2n) is 4.56. The number of carbonyl (C=O) groups is 1. The summed E-state index contributed by atoms with van der Waals surface area (Å²) in [4.78, 5) is 31.9. The van der Waals surface area contributed by atoms with E-state index in [9.17, 15) is 30.1 Å². The predicted octanol–water partition coefficient (Wildman–Crippen LogP) is 1.60. The van der Waals surface area contributed by atoms with E-state index in [-0.39, 0.29) is 17.1 Å². The van der Waals surface area contributed by atoms with Gasteiger partial charge in [0.25, 0.3) is 5.69 Å². The summed E-state index contributed by atoms with van der Waals surface area (Å²) in [5.74, 6) is -1.07. The first-order valence-corrected chi connectivity index (χ1v) is 6.26. The van der Waals surface area contributed by atoms with Crippen LogP contribution in [0.15, 0.2) is 30.6 Å². The molecule has 1 amide bonds. The SMILES string of the molecule is CC(C(=O)Nc1ccc([N+](=O)[O-])cc1O)n1cc([N+](=O)[O-])cn1. The van der Waals surface area contributed by atoms with Crippen molar-refractivity contribution in [2.75, 3.05) is 5.32 Å². The summed E-state index contributed by atoms with van der Waals surface area (Å²) in [6.45, 7) is 1.45. The molecular weight excluding hydrogens is 310 g/mol. The Labute approximate surface area is 128 Å². The molecule has 0 aliphatic carbocycles. The molecule has 0 fully saturated rings. The van der Waals surface area contributed by atoms with Crippen molar-refractivity contribution in [3.05, 3.63) is 50.8 Å². The van der Waals surface area contributed by atoms with Gasteiger partial charge in [-0.3, -0.25) is 29.7 Å². The van der Waals surface area contributed by atoms with Crippen molar-refractivity contribution in [3.8, 4) is 5.75 Å². The number of hydrogen-bond acceptors (Lipinski definition) is 7. The highest BCUT2D eigenvalue weighted by molar-refractivity contribution is 5.94. The monoisotopic (exact) mass is 321 g/mol. The van der Waals surface area contributed by atoms with Crippen LogP contribution in [0.1, 0.15) is 13.0 Å². The topological polar surface area (TPSA) is 153 Å². The lowest BCUT2D eigenvalue weighted by atomic mass is 10.2. The first-order chi connectivity index (χ1) is 10.8. The van der Waals surface area contributed by atoms with Crippen molar-refractivity contribution in [3.63, 3.8) is 0 Å². The van der Waals surface area contributed by atoms with Crippen LogP contribution in [0, 0.1) is 20.2 Å². The van der Waals surface area contributed by atoms with Crippen molar-refractivity contribution >= 4 is 23.0 Å². The summed E-state index contributed by atoms with van der Waals surface area (Å²) in [5.41, 5.74) is -0.604. The van der Waals surface area contributed by atoms with Crippen LogP contribution in [0.5, 0.6) is 5.75 Å². The van der Waals surface area contributed by atoms with Crippen molar-refractivity contribution < 1.29 is 19.7 Å². The summed E-state index contributed by atoms with van der Waals surface area (Å²) < 4.78 is 1.09. The molecule has 1 unspecified atom stereocenters. The molecule has 0 spiro atoms. The van der Waals surface area contributed by atoms with E-state index in [4.69, 9.17) is 0 Å². The minimum Gasteiger partial charge on any atom is -0.506 e. The van der Waals surface area contributed by atoms with Gasteiger partial charge in [-0.15, -0.1) is 0 Å². The Balaban J connectivity index is 2.14. The average molecular weight is 321 g/mol. The third kappa shape index (κ3) is 3.40. The standard InChI is InChI=1S/C12H11N5O6/c1-7(15-6-9(5-13-15)17(22)23)12(19)14-10-3-2-8(16(20)21)4-11(10)18/h2-7,18H,1H3,(H,14,19). The Morgan fingerprint density at radius 3 is 2.48 bits per heavy atom. The van der Waals surface area contributed by atoms with Gasteiger partial charge in [-0.05, 0) is 13.0 Å². The number of non-ortho nitro benzene ring substituents is 1. The van der Waals surface area contributed by atoms with E-state index in [1.54, 1.807) is 0 Å². The van der Waals surface area contributed by atoms with Crippen molar-refractivity contribution in [2.45, 2.75) is 13.0 Å². The van der Waals surface area contributed by atoms with Crippen molar-refractivity contribution in [1.82, 2.24) is 9.78 Å². The largest absolute Gasteiger partial charge is 0.506 e. The fourth-order valence-corrected chi connectivity index (χ4v) is 1.73. The quantitative estimate of drug-likeness (QED) is 0.481. The van der Waals surface area contributed by atoms with E-state index in [2.05, 4.69) is 10.4 Å². The van der Waals surface area contributed by atoms with Gasteiger partial charge in [-0.1, -0.05) is 0 Å². The van der Waals surface area contributed by atoms with Gasteiger partial charge in [-0.2, -0.15) is 5.10 Å². The van der Waals surface area contributed by atoms with Gasteiger partial charge >= 0.3 is 5.69 Å². The number of nitro benzene ring substituents is 1. The zero-order valence-electron chi connectivity index (χ0n) is 11.7. The first-order valence-electron chi connectivity index (χ1n) is 6.26. The van der Waals surface area contributed by atoms with E-state index < -0.39 is 27.5 Å². The molecular formula is C12H11N5O6. The van der Waals surface area contributed by atoms with Gasteiger partial charge in [0.1, 0.15) is 24.2 Å². The van der Waals surface area contributed by atoms with Crippen LogP contribution in [0.2, 0.25) is 0 Å². The number of aromatic nitrogens is 2. The van der Waals surface area contributed by atoms with E-state index in [1.807, 2.05) is 0 Å². The highest BCUT2D eigenvalue weighted by Crippen LogP contribution is 2.28. The zero-order chi connectivity index (χ0) is 17.1. The minimum atomic E-state index is -0.890. The van der Waals surface area contributed by atoms with Crippen LogP contribution < -0.4 is 5.32 Å². The fraction of sp³-hybridized carbons (Fsp3) is 0.167. The van der Waals surface area contributed by atoms with Gasteiger partial charge in [0, 0.05) is 6.07 Å². The maximum atomic E-state index is 12.1. The maximum Gasteiger partial charge on any atom is 0.307 e. The molecule has 120 valence electrons. The molecule has 0 aliphatic rings. The second kappa shape index (κ2) is 6.09. The Morgan fingerprint density at radius 2 is 1.96 bits per heavy atom. The highest BCUT2D eigenvalue weighted by Gasteiger charge is 2.20. The number of aromatic hydroxyl groups is 1. The Bertz CT molecular complexity index is 786. The van der Waals surface area contributed by atoms with E-state index in [0.29, 0.717) is 0 Å². The number of hydrogen-bond donors (Lipinski definition) is 2. The zero-order valence-corrected chi connectivity index (χ0v) is 11.7. The van der Waals surface area contributed by atoms with E-state index >= 15 is 0 Å². The van der Waals surface area contributed by atoms with E-state index in [0.717, 1.165) is 29.2 Å². The number of nitrogens with zero attached hydrogens (tertiary/aromatic N) is 4. The molecule has 0 aliphatic heterocycles. The maximum absolute atomic E-state index is 12.1. The molecule has 23 heavy (non-hydrogen) atoms. The Hall–Kier alpha value is -3.50. The smallest absolute Gasteiger partial charge is 0.307 e. The number of nitro groups is 2. The minimum absolute atomic E-state index is 0.0193. The van der Waals surface area contributed by atoms with Gasteiger partial charge in [-0.25, -0.2) is 0 Å². The predicted molar refractivity (Wildman–Crippen MR) is 77.0 cm³/mol. The van der Waals surface area contributed by atoms with Crippen molar-refractivity contribution in [1.29, 1.82) is 0 Å². The van der Waals surface area contributed by atoms with Crippen LogP contribution in [-0.4, -0.2) is 30.6 Å². The first kappa shape index (κ1) is 15.9. The molecule has 0 saturated heterocycles. The van der Waals surface area contributed by atoms with Gasteiger partial charge in [0.2, 0.25) is 5.91 Å². The summed E-state index contributed by atoms with van der Waals surface area (Å²) in [6, 6.07) is 2.32.